The largest absolute Gasteiger partial charge is 0.321 e. The molecule has 0 aromatic carbocycles. The van der Waals surface area contributed by atoms with Crippen LogP contribution in [0.5, 0.6) is 0 Å². The first-order valence-corrected chi connectivity index (χ1v) is 7.55. The number of hydrogen-bond donors (Lipinski definition) is 1. The summed E-state index contributed by atoms with van der Waals surface area (Å²) in [4.78, 5) is 4.51. The van der Waals surface area contributed by atoms with Crippen molar-refractivity contribution in [2.45, 2.75) is 70.1 Å². The van der Waals surface area contributed by atoms with Crippen molar-refractivity contribution < 1.29 is 4.39 Å². The molecule has 2 N–H and O–H groups in total. The lowest BCUT2D eigenvalue weighted by Crippen LogP contribution is -2.30. The summed E-state index contributed by atoms with van der Waals surface area (Å²) in [5.74, 6) is 2.45. The zero-order chi connectivity index (χ0) is 13.2. The molecule has 1 fully saturated rings. The maximum Gasteiger partial charge on any atom is 0.151 e. The lowest BCUT2D eigenvalue weighted by molar-refractivity contribution is 0.219. The SMILES string of the molecule is NC1CC(F)Cn2nc(CCC3CCCCC3)nc21. The minimum Gasteiger partial charge on any atom is -0.321 e. The Labute approximate surface area is 113 Å². The fourth-order valence-corrected chi connectivity index (χ4v) is 3.37. The molecule has 2 aliphatic rings. The first-order chi connectivity index (χ1) is 9.22. The van der Waals surface area contributed by atoms with Crippen LogP contribution in [0.4, 0.5) is 4.39 Å². The van der Waals surface area contributed by atoms with E-state index in [9.17, 15) is 4.39 Å². The summed E-state index contributed by atoms with van der Waals surface area (Å²) in [5, 5.41) is 4.42. The summed E-state index contributed by atoms with van der Waals surface area (Å²) >= 11 is 0. The first kappa shape index (κ1) is 13.0. The second kappa shape index (κ2) is 5.57. The zero-order valence-electron chi connectivity index (χ0n) is 11.4. The predicted molar refractivity (Wildman–Crippen MR) is 71.4 cm³/mol. The monoisotopic (exact) mass is 266 g/mol. The Kier molecular flexibility index (Phi) is 3.82. The number of rotatable bonds is 3. The molecule has 2 heterocycles. The van der Waals surface area contributed by atoms with Crippen molar-refractivity contribution in [1.82, 2.24) is 14.8 Å². The van der Waals surface area contributed by atoms with Crippen LogP contribution in [0.1, 0.15) is 62.6 Å². The van der Waals surface area contributed by atoms with E-state index in [2.05, 4.69) is 10.1 Å². The van der Waals surface area contributed by atoms with Gasteiger partial charge in [-0.15, -0.1) is 0 Å². The van der Waals surface area contributed by atoms with Crippen LogP contribution in [-0.4, -0.2) is 20.9 Å². The van der Waals surface area contributed by atoms with Crippen LogP contribution in [0.25, 0.3) is 0 Å². The number of nitrogens with two attached hydrogens (primary N) is 1. The number of alkyl halides is 1. The molecule has 0 amide bonds. The van der Waals surface area contributed by atoms with E-state index in [4.69, 9.17) is 5.73 Å². The van der Waals surface area contributed by atoms with E-state index in [1.807, 2.05) is 0 Å². The third kappa shape index (κ3) is 2.96. The van der Waals surface area contributed by atoms with Gasteiger partial charge < -0.3 is 5.73 Å². The van der Waals surface area contributed by atoms with Crippen LogP contribution in [0.15, 0.2) is 0 Å². The molecule has 5 heteroatoms. The highest BCUT2D eigenvalue weighted by Crippen LogP contribution is 2.28. The van der Waals surface area contributed by atoms with E-state index < -0.39 is 6.17 Å². The summed E-state index contributed by atoms with van der Waals surface area (Å²) in [7, 11) is 0. The van der Waals surface area contributed by atoms with Crippen molar-refractivity contribution in [3.8, 4) is 0 Å². The van der Waals surface area contributed by atoms with Gasteiger partial charge in [-0.1, -0.05) is 32.1 Å². The summed E-state index contributed by atoms with van der Waals surface area (Å²) in [6.07, 6.45) is 8.39. The van der Waals surface area contributed by atoms with E-state index in [1.54, 1.807) is 4.68 Å². The molecular weight excluding hydrogens is 243 g/mol. The second-order valence-corrected chi connectivity index (χ2v) is 6.05. The third-order valence-corrected chi connectivity index (χ3v) is 4.46. The van der Waals surface area contributed by atoms with Gasteiger partial charge in [0.2, 0.25) is 0 Å². The number of halogens is 1. The minimum absolute atomic E-state index is 0.292. The average Bonchev–Trinajstić information content (AvgIpc) is 2.81. The Bertz CT molecular complexity index is 425. The van der Waals surface area contributed by atoms with Gasteiger partial charge >= 0.3 is 0 Å². The van der Waals surface area contributed by atoms with Gasteiger partial charge in [0.15, 0.2) is 5.82 Å². The van der Waals surface area contributed by atoms with Crippen molar-refractivity contribution in [2.24, 2.45) is 11.7 Å². The Morgan fingerprint density at radius 3 is 2.84 bits per heavy atom. The standard InChI is InChI=1S/C14H23FN4/c15-11-8-12(16)14-17-13(18-19(14)9-11)7-6-10-4-2-1-3-5-10/h10-12H,1-9,16H2. The molecule has 0 spiro atoms. The molecule has 1 aliphatic carbocycles. The smallest absolute Gasteiger partial charge is 0.151 e. The fourth-order valence-electron chi connectivity index (χ4n) is 3.37. The molecule has 3 rings (SSSR count). The van der Waals surface area contributed by atoms with E-state index in [0.717, 1.165) is 30.4 Å². The van der Waals surface area contributed by atoms with Crippen LogP contribution in [0.2, 0.25) is 0 Å². The highest BCUT2D eigenvalue weighted by atomic mass is 19.1. The number of fused-ring (bicyclic) bond motifs is 1. The molecule has 106 valence electrons. The molecule has 1 aromatic heterocycles. The number of hydrogen-bond acceptors (Lipinski definition) is 3. The van der Waals surface area contributed by atoms with Gasteiger partial charge in [-0.05, 0) is 12.3 Å². The zero-order valence-corrected chi connectivity index (χ0v) is 11.4. The van der Waals surface area contributed by atoms with E-state index in [-0.39, 0.29) is 6.04 Å². The predicted octanol–water partition coefficient (Wildman–Crippen LogP) is 2.53. The van der Waals surface area contributed by atoms with Crippen LogP contribution >= 0.6 is 0 Å². The Morgan fingerprint density at radius 1 is 1.26 bits per heavy atom. The number of nitrogens with zero attached hydrogens (tertiary/aromatic N) is 3. The normalized spacial score (nSPS) is 28.3. The third-order valence-electron chi connectivity index (χ3n) is 4.46. The highest BCUT2D eigenvalue weighted by Gasteiger charge is 2.27. The quantitative estimate of drug-likeness (QED) is 0.914. The molecule has 1 saturated carbocycles. The highest BCUT2D eigenvalue weighted by molar-refractivity contribution is 5.03. The van der Waals surface area contributed by atoms with Gasteiger partial charge in [0, 0.05) is 12.8 Å². The molecule has 19 heavy (non-hydrogen) atoms. The number of aryl methyl sites for hydroxylation is 1. The van der Waals surface area contributed by atoms with Crippen LogP contribution < -0.4 is 5.73 Å². The Hall–Kier alpha value is -0.970. The summed E-state index contributed by atoms with van der Waals surface area (Å²) in [6, 6.07) is -0.292. The topological polar surface area (TPSA) is 56.7 Å². The van der Waals surface area contributed by atoms with E-state index in [1.165, 1.54) is 32.1 Å². The van der Waals surface area contributed by atoms with Gasteiger partial charge in [-0.25, -0.2) is 14.1 Å². The van der Waals surface area contributed by atoms with Crippen molar-refractivity contribution in [3.63, 3.8) is 0 Å². The maximum atomic E-state index is 13.4. The lowest BCUT2D eigenvalue weighted by Gasteiger charge is -2.21. The molecule has 0 saturated heterocycles. The molecule has 1 aromatic rings. The number of aromatic nitrogens is 3. The minimum atomic E-state index is -0.879. The second-order valence-electron chi connectivity index (χ2n) is 6.05. The average molecular weight is 266 g/mol. The molecule has 0 bridgehead atoms. The van der Waals surface area contributed by atoms with Gasteiger partial charge in [0.25, 0.3) is 0 Å². The van der Waals surface area contributed by atoms with Crippen molar-refractivity contribution in [2.75, 3.05) is 0 Å². The van der Waals surface area contributed by atoms with Crippen LogP contribution in [-0.2, 0) is 13.0 Å². The molecular formula is C14H23FN4. The van der Waals surface area contributed by atoms with Crippen LogP contribution in [0.3, 0.4) is 0 Å². The summed E-state index contributed by atoms with van der Waals surface area (Å²) in [6.45, 7) is 0.319. The molecule has 1 aliphatic heterocycles. The Balaban J connectivity index is 1.61. The van der Waals surface area contributed by atoms with Gasteiger partial charge in [0.05, 0.1) is 12.6 Å². The molecule has 2 unspecified atom stereocenters. The first-order valence-electron chi connectivity index (χ1n) is 7.55. The van der Waals surface area contributed by atoms with Gasteiger partial charge in [-0.2, -0.15) is 5.10 Å². The Morgan fingerprint density at radius 2 is 2.05 bits per heavy atom. The van der Waals surface area contributed by atoms with Crippen molar-refractivity contribution >= 4 is 0 Å². The summed E-state index contributed by atoms with van der Waals surface area (Å²) in [5.41, 5.74) is 5.93. The lowest BCUT2D eigenvalue weighted by atomic mass is 9.86. The van der Waals surface area contributed by atoms with Crippen molar-refractivity contribution in [1.29, 1.82) is 0 Å². The van der Waals surface area contributed by atoms with Crippen molar-refractivity contribution in [3.05, 3.63) is 11.6 Å². The molecule has 4 nitrogen and oxygen atoms in total. The molecule has 2 atom stereocenters. The molecule has 0 radical (unpaired) electrons. The van der Waals surface area contributed by atoms with E-state index >= 15 is 0 Å². The maximum absolute atomic E-state index is 13.4. The van der Waals surface area contributed by atoms with Crippen LogP contribution in [0, 0.1) is 5.92 Å². The summed E-state index contributed by atoms with van der Waals surface area (Å²) < 4.78 is 15.1. The van der Waals surface area contributed by atoms with Gasteiger partial charge in [-0.3, -0.25) is 0 Å². The van der Waals surface area contributed by atoms with Gasteiger partial charge in [0.1, 0.15) is 12.0 Å². The fraction of sp³-hybridized carbons (Fsp3) is 0.857. The van der Waals surface area contributed by atoms with E-state index in [0.29, 0.717) is 13.0 Å².